The van der Waals surface area contributed by atoms with Gasteiger partial charge in [-0.2, -0.15) is 0 Å². The predicted octanol–water partition coefficient (Wildman–Crippen LogP) is 3.93. The van der Waals surface area contributed by atoms with Gasteiger partial charge in [0.1, 0.15) is 0 Å². The predicted molar refractivity (Wildman–Crippen MR) is 84.8 cm³/mol. The van der Waals surface area contributed by atoms with Crippen molar-refractivity contribution < 1.29 is 5.11 Å². The molecule has 1 aliphatic rings. The minimum absolute atomic E-state index is 0.325. The van der Waals surface area contributed by atoms with Gasteiger partial charge in [-0.25, -0.2) is 0 Å². The number of likely N-dealkylation sites (tertiary alicyclic amines) is 1. The Hall–Kier alpha value is -0.860. The minimum Gasteiger partial charge on any atom is -0.388 e. The fourth-order valence-electron chi connectivity index (χ4n) is 3.31. The van der Waals surface area contributed by atoms with Crippen LogP contribution in [0.2, 0.25) is 0 Å². The van der Waals surface area contributed by atoms with Crippen molar-refractivity contribution >= 4 is 0 Å². The summed E-state index contributed by atoms with van der Waals surface area (Å²) in [6.07, 6.45) is 4.39. The molecule has 1 aromatic carbocycles. The van der Waals surface area contributed by atoms with Crippen LogP contribution in [0.25, 0.3) is 0 Å². The molecule has 1 unspecified atom stereocenters. The molecule has 0 bridgehead atoms. The summed E-state index contributed by atoms with van der Waals surface area (Å²) in [6.45, 7) is 10.1. The summed E-state index contributed by atoms with van der Waals surface area (Å²) in [5.41, 5.74) is 2.83. The molecular weight excluding hydrogens is 246 g/mol. The molecule has 2 rings (SSSR count). The average Bonchev–Trinajstić information content (AvgIpc) is 2.90. The van der Waals surface area contributed by atoms with Crippen LogP contribution in [-0.2, 0) is 0 Å². The van der Waals surface area contributed by atoms with Gasteiger partial charge >= 0.3 is 0 Å². The highest BCUT2D eigenvalue weighted by molar-refractivity contribution is 5.23. The number of nitrogens with zero attached hydrogens (tertiary/aromatic N) is 1. The van der Waals surface area contributed by atoms with Crippen molar-refractivity contribution in [2.75, 3.05) is 19.6 Å². The molecule has 0 saturated carbocycles. The zero-order valence-corrected chi connectivity index (χ0v) is 13.2. The van der Waals surface area contributed by atoms with E-state index in [2.05, 4.69) is 37.8 Å². The molecule has 20 heavy (non-hydrogen) atoms. The van der Waals surface area contributed by atoms with Crippen LogP contribution in [0.5, 0.6) is 0 Å². The van der Waals surface area contributed by atoms with Crippen molar-refractivity contribution in [2.24, 2.45) is 5.41 Å². The second kappa shape index (κ2) is 6.73. The third-order valence-corrected chi connectivity index (χ3v) is 5.20. The van der Waals surface area contributed by atoms with Crippen molar-refractivity contribution in [3.63, 3.8) is 0 Å². The molecule has 1 saturated heterocycles. The van der Waals surface area contributed by atoms with E-state index < -0.39 is 0 Å². The molecule has 0 aromatic heterocycles. The maximum atomic E-state index is 10.3. The largest absolute Gasteiger partial charge is 0.388 e. The Morgan fingerprint density at radius 1 is 1.20 bits per heavy atom. The summed E-state index contributed by atoms with van der Waals surface area (Å²) in [5, 5.41) is 10.3. The molecule has 0 radical (unpaired) electrons. The van der Waals surface area contributed by atoms with Gasteiger partial charge in [0.25, 0.3) is 0 Å². The Morgan fingerprint density at radius 2 is 1.85 bits per heavy atom. The van der Waals surface area contributed by atoms with E-state index in [0.29, 0.717) is 5.41 Å². The second-order valence-electron chi connectivity index (χ2n) is 6.45. The first kappa shape index (κ1) is 15.5. The lowest BCUT2D eigenvalue weighted by molar-refractivity contribution is 0.143. The van der Waals surface area contributed by atoms with Gasteiger partial charge in [0.2, 0.25) is 0 Å². The van der Waals surface area contributed by atoms with Crippen molar-refractivity contribution in [1.29, 1.82) is 0 Å². The highest BCUT2D eigenvalue weighted by Crippen LogP contribution is 2.37. The molecule has 1 aliphatic heterocycles. The summed E-state index contributed by atoms with van der Waals surface area (Å²) in [5.74, 6) is 0. The normalized spacial score (nSPS) is 20.2. The van der Waals surface area contributed by atoms with Crippen LogP contribution in [0.1, 0.15) is 56.8 Å². The summed E-state index contributed by atoms with van der Waals surface area (Å²) in [6, 6.07) is 8.25. The lowest BCUT2D eigenvalue weighted by Crippen LogP contribution is -2.28. The lowest BCUT2D eigenvalue weighted by atomic mass is 9.82. The first-order valence-corrected chi connectivity index (χ1v) is 8.05. The van der Waals surface area contributed by atoms with Gasteiger partial charge in [0.15, 0.2) is 0 Å². The van der Waals surface area contributed by atoms with Gasteiger partial charge in [0.05, 0.1) is 6.10 Å². The molecule has 1 N–H and O–H groups in total. The van der Waals surface area contributed by atoms with E-state index in [4.69, 9.17) is 0 Å². The zero-order valence-electron chi connectivity index (χ0n) is 13.2. The van der Waals surface area contributed by atoms with Gasteiger partial charge < -0.3 is 10.0 Å². The Balaban J connectivity index is 1.82. The van der Waals surface area contributed by atoms with E-state index >= 15 is 0 Å². The molecule has 1 heterocycles. The quantitative estimate of drug-likeness (QED) is 0.850. The van der Waals surface area contributed by atoms with Crippen LogP contribution in [0.4, 0.5) is 0 Å². The lowest BCUT2D eigenvalue weighted by Gasteiger charge is -2.26. The van der Waals surface area contributed by atoms with Crippen LogP contribution < -0.4 is 0 Å². The third kappa shape index (κ3) is 3.62. The summed E-state index contributed by atoms with van der Waals surface area (Å²) in [4.78, 5) is 2.53. The van der Waals surface area contributed by atoms with Gasteiger partial charge in [-0.15, -0.1) is 0 Å². The Labute approximate surface area is 123 Å². The maximum absolute atomic E-state index is 10.3. The SMILES string of the molecule is CCC1(CC)CCN(CCC(O)c2ccc(C)cc2)C1. The van der Waals surface area contributed by atoms with E-state index in [1.807, 2.05) is 12.1 Å². The van der Waals surface area contributed by atoms with Gasteiger partial charge in [-0.05, 0) is 50.1 Å². The van der Waals surface area contributed by atoms with E-state index in [1.54, 1.807) is 0 Å². The maximum Gasteiger partial charge on any atom is 0.0802 e. The fourth-order valence-corrected chi connectivity index (χ4v) is 3.31. The first-order chi connectivity index (χ1) is 9.58. The smallest absolute Gasteiger partial charge is 0.0802 e. The molecule has 112 valence electrons. The van der Waals surface area contributed by atoms with Crippen LogP contribution in [0, 0.1) is 12.3 Å². The Morgan fingerprint density at radius 3 is 2.40 bits per heavy atom. The number of hydrogen-bond donors (Lipinski definition) is 1. The minimum atomic E-state index is -0.325. The molecule has 1 atom stereocenters. The fraction of sp³-hybridized carbons (Fsp3) is 0.667. The molecule has 0 amide bonds. The molecule has 2 heteroatoms. The number of aliphatic hydroxyl groups excluding tert-OH is 1. The highest BCUT2D eigenvalue weighted by atomic mass is 16.3. The van der Waals surface area contributed by atoms with E-state index in [-0.39, 0.29) is 6.10 Å². The van der Waals surface area contributed by atoms with Crippen molar-refractivity contribution in [2.45, 2.75) is 52.6 Å². The first-order valence-electron chi connectivity index (χ1n) is 8.05. The van der Waals surface area contributed by atoms with Crippen molar-refractivity contribution in [3.8, 4) is 0 Å². The van der Waals surface area contributed by atoms with Gasteiger partial charge in [-0.1, -0.05) is 43.7 Å². The Bertz CT molecular complexity index is 408. The standard InChI is InChI=1S/C18H29NO/c1-4-18(5-2)11-13-19(14-18)12-10-17(20)16-8-6-15(3)7-9-16/h6-9,17,20H,4-5,10-14H2,1-3H3. The monoisotopic (exact) mass is 275 g/mol. The molecule has 0 aliphatic carbocycles. The summed E-state index contributed by atoms with van der Waals surface area (Å²) < 4.78 is 0. The zero-order chi connectivity index (χ0) is 14.6. The van der Waals surface area contributed by atoms with Gasteiger partial charge in [-0.3, -0.25) is 0 Å². The van der Waals surface area contributed by atoms with Crippen molar-refractivity contribution in [3.05, 3.63) is 35.4 Å². The van der Waals surface area contributed by atoms with Gasteiger partial charge in [0, 0.05) is 13.1 Å². The molecule has 0 spiro atoms. The van der Waals surface area contributed by atoms with Crippen LogP contribution in [0.15, 0.2) is 24.3 Å². The highest BCUT2D eigenvalue weighted by Gasteiger charge is 2.34. The molecular formula is C18H29NO. The Kier molecular flexibility index (Phi) is 5.22. The summed E-state index contributed by atoms with van der Waals surface area (Å²) in [7, 11) is 0. The number of benzene rings is 1. The van der Waals surface area contributed by atoms with Crippen molar-refractivity contribution in [1.82, 2.24) is 4.90 Å². The molecule has 2 nitrogen and oxygen atoms in total. The number of aliphatic hydroxyl groups is 1. The third-order valence-electron chi connectivity index (χ3n) is 5.20. The number of rotatable bonds is 6. The van der Waals surface area contributed by atoms with E-state index in [1.165, 1.54) is 37.9 Å². The molecule has 1 fully saturated rings. The number of hydrogen-bond acceptors (Lipinski definition) is 2. The number of aryl methyl sites for hydroxylation is 1. The second-order valence-corrected chi connectivity index (χ2v) is 6.45. The van der Waals surface area contributed by atoms with Crippen LogP contribution in [0.3, 0.4) is 0 Å². The van der Waals surface area contributed by atoms with Crippen LogP contribution in [-0.4, -0.2) is 29.6 Å². The topological polar surface area (TPSA) is 23.5 Å². The van der Waals surface area contributed by atoms with E-state index in [0.717, 1.165) is 18.5 Å². The van der Waals surface area contributed by atoms with E-state index in [9.17, 15) is 5.11 Å². The average molecular weight is 275 g/mol. The summed E-state index contributed by atoms with van der Waals surface area (Å²) >= 11 is 0. The molecule has 1 aromatic rings. The van der Waals surface area contributed by atoms with Crippen LogP contribution >= 0.6 is 0 Å².